The van der Waals surface area contributed by atoms with Gasteiger partial charge in [0.2, 0.25) is 0 Å². The summed E-state index contributed by atoms with van der Waals surface area (Å²) in [5, 5.41) is 0.751. The van der Waals surface area contributed by atoms with Gasteiger partial charge in [-0.25, -0.2) is 4.98 Å². The maximum atomic E-state index is 11.9. The number of aromatic amines is 1. The van der Waals surface area contributed by atoms with Crippen LogP contribution >= 0.6 is 27.3 Å². The summed E-state index contributed by atoms with van der Waals surface area (Å²) in [5.74, 6) is 0. The molecule has 4 nitrogen and oxygen atoms in total. The van der Waals surface area contributed by atoms with Crippen LogP contribution in [0, 0.1) is 0 Å². The van der Waals surface area contributed by atoms with Gasteiger partial charge in [0, 0.05) is 16.3 Å². The Balaban J connectivity index is 2.22. The summed E-state index contributed by atoms with van der Waals surface area (Å²) >= 11 is 5.26. The Morgan fingerprint density at radius 3 is 3.28 bits per heavy atom. The molecule has 0 aromatic carbocycles. The quantitative estimate of drug-likeness (QED) is 0.862. The van der Waals surface area contributed by atoms with Crippen molar-refractivity contribution in [1.29, 1.82) is 0 Å². The lowest BCUT2D eigenvalue weighted by molar-refractivity contribution is 0.0589. The van der Waals surface area contributed by atoms with Crippen molar-refractivity contribution in [2.75, 3.05) is 6.61 Å². The largest absolute Gasteiger partial charge is 0.372 e. The molecule has 2 heterocycles. The molecular formula is C12H13BrN2O2S. The third-order valence-corrected chi connectivity index (χ3v) is 5.37. The molecule has 6 heteroatoms. The van der Waals surface area contributed by atoms with Crippen LogP contribution in [0.25, 0.3) is 10.2 Å². The monoisotopic (exact) mass is 328 g/mol. The lowest BCUT2D eigenvalue weighted by atomic mass is 9.95. The summed E-state index contributed by atoms with van der Waals surface area (Å²) < 4.78 is 5.81. The van der Waals surface area contributed by atoms with Gasteiger partial charge in [0.15, 0.2) is 0 Å². The number of hydrogen-bond donors (Lipinski definition) is 1. The highest BCUT2D eigenvalue weighted by Gasteiger charge is 2.32. The van der Waals surface area contributed by atoms with Gasteiger partial charge in [-0.1, -0.05) is 15.9 Å². The predicted molar refractivity (Wildman–Crippen MR) is 75.6 cm³/mol. The Hall–Kier alpha value is -0.720. The number of aryl methyl sites for hydroxylation is 1. The highest BCUT2D eigenvalue weighted by Crippen LogP contribution is 2.43. The van der Waals surface area contributed by atoms with E-state index in [0.717, 1.165) is 33.5 Å². The third-order valence-electron chi connectivity index (χ3n) is 3.23. The maximum absolute atomic E-state index is 11.9. The normalized spacial score (nSPS) is 23.2. The van der Waals surface area contributed by atoms with Gasteiger partial charge in [0.25, 0.3) is 5.56 Å². The van der Waals surface area contributed by atoms with Gasteiger partial charge in [0.05, 0.1) is 11.7 Å². The minimum atomic E-state index is -0.0410. The van der Waals surface area contributed by atoms with Crippen molar-refractivity contribution < 1.29 is 4.74 Å². The van der Waals surface area contributed by atoms with Crippen LogP contribution < -0.4 is 5.56 Å². The SMILES string of the molecule is CCO[C@@H]1c2sc3nc[nH]c(=O)c3c2CC[C@H]1Br. The standard InChI is InChI=1S/C12H13BrN2O2S/c1-2-17-9-7(13)4-3-6-8-11(16)14-5-15-12(8)18-10(6)9/h5,7,9H,2-4H2,1H3,(H,14,15,16)/t7-,9+/m1/s1. The molecule has 0 saturated heterocycles. The topological polar surface area (TPSA) is 55.0 Å². The number of fused-ring (bicyclic) bond motifs is 3. The van der Waals surface area contributed by atoms with Gasteiger partial charge < -0.3 is 9.72 Å². The van der Waals surface area contributed by atoms with Crippen LogP contribution in [0.5, 0.6) is 0 Å². The Bertz CT molecular complexity index is 637. The molecule has 3 rings (SSSR count). The second-order valence-electron chi connectivity index (χ2n) is 4.29. The minimum Gasteiger partial charge on any atom is -0.372 e. The van der Waals surface area contributed by atoms with Crippen molar-refractivity contribution in [3.63, 3.8) is 0 Å². The van der Waals surface area contributed by atoms with Gasteiger partial charge >= 0.3 is 0 Å². The second kappa shape index (κ2) is 4.75. The number of alkyl halides is 1. The first-order chi connectivity index (χ1) is 8.72. The van der Waals surface area contributed by atoms with E-state index in [-0.39, 0.29) is 11.7 Å². The molecular weight excluding hydrogens is 316 g/mol. The van der Waals surface area contributed by atoms with Crippen LogP contribution in [0.1, 0.15) is 29.9 Å². The summed E-state index contributed by atoms with van der Waals surface area (Å²) in [7, 11) is 0. The molecule has 0 spiro atoms. The molecule has 0 aliphatic heterocycles. The highest BCUT2D eigenvalue weighted by molar-refractivity contribution is 9.09. The number of nitrogens with zero attached hydrogens (tertiary/aromatic N) is 1. The summed E-state index contributed by atoms with van der Waals surface area (Å²) in [6.45, 7) is 2.66. The van der Waals surface area contributed by atoms with E-state index in [2.05, 4.69) is 25.9 Å². The second-order valence-corrected chi connectivity index (χ2v) is 6.49. The van der Waals surface area contributed by atoms with Crippen LogP contribution in [-0.4, -0.2) is 21.4 Å². The van der Waals surface area contributed by atoms with Crippen LogP contribution in [0.4, 0.5) is 0 Å². The number of halogens is 1. The number of aromatic nitrogens is 2. The Morgan fingerprint density at radius 2 is 2.50 bits per heavy atom. The van der Waals surface area contributed by atoms with E-state index in [1.54, 1.807) is 11.3 Å². The van der Waals surface area contributed by atoms with Crippen molar-refractivity contribution in [1.82, 2.24) is 9.97 Å². The van der Waals surface area contributed by atoms with E-state index >= 15 is 0 Å². The van der Waals surface area contributed by atoms with E-state index in [9.17, 15) is 4.79 Å². The number of thiophene rings is 1. The van der Waals surface area contributed by atoms with E-state index < -0.39 is 0 Å². The van der Waals surface area contributed by atoms with Gasteiger partial charge in [0.1, 0.15) is 10.9 Å². The fourth-order valence-corrected chi connectivity index (χ4v) is 4.58. The molecule has 2 atom stereocenters. The minimum absolute atomic E-state index is 0.0392. The molecule has 1 N–H and O–H groups in total. The summed E-state index contributed by atoms with van der Waals surface area (Å²) in [6, 6.07) is 0. The summed E-state index contributed by atoms with van der Waals surface area (Å²) in [5.41, 5.74) is 1.08. The first-order valence-electron chi connectivity index (χ1n) is 5.97. The molecule has 2 aromatic rings. The van der Waals surface area contributed by atoms with Crippen molar-refractivity contribution in [3.8, 4) is 0 Å². The number of hydrogen-bond acceptors (Lipinski definition) is 4. The Morgan fingerprint density at radius 1 is 1.67 bits per heavy atom. The zero-order valence-corrected chi connectivity index (χ0v) is 12.3. The molecule has 1 aliphatic carbocycles. The average molecular weight is 329 g/mol. The average Bonchev–Trinajstić information content (AvgIpc) is 2.73. The first kappa shape index (κ1) is 12.3. The van der Waals surface area contributed by atoms with Crippen LogP contribution in [0.15, 0.2) is 11.1 Å². The van der Waals surface area contributed by atoms with E-state index in [1.807, 2.05) is 6.92 Å². The molecule has 0 amide bonds. The van der Waals surface area contributed by atoms with Gasteiger partial charge in [-0.2, -0.15) is 0 Å². The van der Waals surface area contributed by atoms with E-state index in [0.29, 0.717) is 11.4 Å². The smallest absolute Gasteiger partial charge is 0.259 e. The lowest BCUT2D eigenvalue weighted by Gasteiger charge is -2.27. The molecule has 0 unspecified atom stereocenters. The number of nitrogens with one attached hydrogen (secondary N) is 1. The first-order valence-corrected chi connectivity index (χ1v) is 7.70. The molecule has 0 fully saturated rings. The molecule has 1 aliphatic rings. The van der Waals surface area contributed by atoms with Gasteiger partial charge in [-0.15, -0.1) is 11.3 Å². The van der Waals surface area contributed by atoms with Gasteiger partial charge in [-0.3, -0.25) is 4.79 Å². The predicted octanol–water partition coefficient (Wildman–Crippen LogP) is 2.77. The summed E-state index contributed by atoms with van der Waals surface area (Å²) in [6.07, 6.45) is 3.40. The molecule has 0 bridgehead atoms. The zero-order valence-electron chi connectivity index (χ0n) is 9.90. The molecule has 18 heavy (non-hydrogen) atoms. The number of ether oxygens (including phenoxy) is 1. The molecule has 2 aromatic heterocycles. The molecule has 0 saturated carbocycles. The fourth-order valence-electron chi connectivity index (χ4n) is 2.45. The highest BCUT2D eigenvalue weighted by atomic mass is 79.9. The van der Waals surface area contributed by atoms with Crippen molar-refractivity contribution in [2.45, 2.75) is 30.7 Å². The Labute approximate surface area is 117 Å². The maximum Gasteiger partial charge on any atom is 0.259 e. The van der Waals surface area contributed by atoms with E-state index in [1.165, 1.54) is 6.33 Å². The lowest BCUT2D eigenvalue weighted by Crippen LogP contribution is -2.22. The fraction of sp³-hybridized carbons (Fsp3) is 0.500. The van der Waals surface area contributed by atoms with Crippen LogP contribution in [0.2, 0.25) is 0 Å². The van der Waals surface area contributed by atoms with Crippen molar-refractivity contribution >= 4 is 37.5 Å². The number of rotatable bonds is 2. The van der Waals surface area contributed by atoms with Crippen LogP contribution in [-0.2, 0) is 11.2 Å². The zero-order chi connectivity index (χ0) is 12.7. The number of H-pyrrole nitrogens is 1. The molecule has 0 radical (unpaired) electrons. The van der Waals surface area contributed by atoms with Crippen molar-refractivity contribution in [3.05, 3.63) is 27.1 Å². The molecule has 96 valence electrons. The third kappa shape index (κ3) is 1.83. The van der Waals surface area contributed by atoms with Crippen LogP contribution in [0.3, 0.4) is 0 Å². The van der Waals surface area contributed by atoms with Crippen molar-refractivity contribution in [2.24, 2.45) is 0 Å². The van der Waals surface area contributed by atoms with Gasteiger partial charge in [-0.05, 0) is 25.3 Å². The Kier molecular flexibility index (Phi) is 3.25. The van der Waals surface area contributed by atoms with E-state index in [4.69, 9.17) is 4.74 Å². The summed E-state index contributed by atoms with van der Waals surface area (Å²) in [4.78, 5) is 21.1.